The molecule has 0 bridgehead atoms. The van der Waals surface area contributed by atoms with Gasteiger partial charge in [-0.3, -0.25) is 9.78 Å². The second-order valence-electron chi connectivity index (χ2n) is 6.23. The molecular formula is C18H21FN4O. The lowest BCUT2D eigenvalue weighted by molar-refractivity contribution is 0.0958. The average Bonchev–Trinajstić information content (AvgIpc) is 2.57. The number of carbonyl (C=O) groups is 1. The molecule has 1 amide bonds. The van der Waals surface area contributed by atoms with E-state index >= 15 is 0 Å². The van der Waals surface area contributed by atoms with Crippen LogP contribution in [0.3, 0.4) is 0 Å². The maximum atomic E-state index is 13.7. The number of halogens is 1. The number of rotatable bonds is 3. The molecule has 0 saturated carbocycles. The standard InChI is InChI=1S/C18H21FN4O/c1-13-11-21-17(12-20-13)18(24)23(15-6-8-22(2)9-7-15)16-5-3-4-14(19)10-16/h3-5,10-12,15H,6-9H2,1-2H3. The second-order valence-corrected chi connectivity index (χ2v) is 6.23. The molecule has 2 aromatic rings. The lowest BCUT2D eigenvalue weighted by Crippen LogP contribution is -2.47. The fourth-order valence-corrected chi connectivity index (χ4v) is 3.00. The zero-order valence-electron chi connectivity index (χ0n) is 13.9. The topological polar surface area (TPSA) is 49.3 Å². The number of likely N-dealkylation sites (tertiary alicyclic amines) is 1. The fraction of sp³-hybridized carbons (Fsp3) is 0.389. The predicted octanol–water partition coefficient (Wildman–Crippen LogP) is 2.67. The van der Waals surface area contributed by atoms with E-state index in [1.807, 2.05) is 6.92 Å². The van der Waals surface area contributed by atoms with Gasteiger partial charge in [0.2, 0.25) is 0 Å². The van der Waals surface area contributed by atoms with Gasteiger partial charge in [-0.2, -0.15) is 0 Å². The Morgan fingerprint density at radius 1 is 1.25 bits per heavy atom. The predicted molar refractivity (Wildman–Crippen MR) is 90.5 cm³/mol. The number of aromatic nitrogens is 2. The number of carbonyl (C=O) groups excluding carboxylic acids is 1. The first-order valence-electron chi connectivity index (χ1n) is 8.11. The SMILES string of the molecule is Cc1cnc(C(=O)N(c2cccc(F)c2)C2CCN(C)CC2)cn1. The van der Waals surface area contributed by atoms with Crippen molar-refractivity contribution in [1.29, 1.82) is 0 Å². The van der Waals surface area contributed by atoms with Gasteiger partial charge < -0.3 is 9.80 Å². The first-order valence-corrected chi connectivity index (χ1v) is 8.11. The van der Waals surface area contributed by atoms with Gasteiger partial charge in [0.1, 0.15) is 11.5 Å². The van der Waals surface area contributed by atoms with Gasteiger partial charge in [-0.05, 0) is 58.1 Å². The third-order valence-corrected chi connectivity index (χ3v) is 4.36. The van der Waals surface area contributed by atoms with Gasteiger partial charge >= 0.3 is 0 Å². The molecule has 1 aromatic carbocycles. The van der Waals surface area contributed by atoms with E-state index in [1.54, 1.807) is 23.2 Å². The van der Waals surface area contributed by atoms with Gasteiger partial charge in [-0.25, -0.2) is 9.37 Å². The molecule has 126 valence electrons. The van der Waals surface area contributed by atoms with Gasteiger partial charge in [0.05, 0.1) is 11.9 Å². The van der Waals surface area contributed by atoms with Crippen molar-refractivity contribution < 1.29 is 9.18 Å². The molecule has 1 fully saturated rings. The highest BCUT2D eigenvalue weighted by Gasteiger charge is 2.30. The second kappa shape index (κ2) is 7.05. The maximum Gasteiger partial charge on any atom is 0.278 e. The van der Waals surface area contributed by atoms with Crippen LogP contribution in [0.15, 0.2) is 36.7 Å². The van der Waals surface area contributed by atoms with E-state index in [4.69, 9.17) is 0 Å². The Labute approximate surface area is 141 Å². The van der Waals surface area contributed by atoms with E-state index in [0.29, 0.717) is 5.69 Å². The third-order valence-electron chi connectivity index (χ3n) is 4.36. The molecule has 5 nitrogen and oxygen atoms in total. The van der Waals surface area contributed by atoms with Crippen molar-refractivity contribution >= 4 is 11.6 Å². The highest BCUT2D eigenvalue weighted by molar-refractivity contribution is 6.05. The molecule has 1 aliphatic heterocycles. The third kappa shape index (κ3) is 3.59. The maximum absolute atomic E-state index is 13.7. The van der Waals surface area contributed by atoms with E-state index in [9.17, 15) is 9.18 Å². The van der Waals surface area contributed by atoms with Crippen LogP contribution in [0.25, 0.3) is 0 Å². The normalized spacial score (nSPS) is 16.1. The van der Waals surface area contributed by atoms with Crippen molar-refractivity contribution in [2.45, 2.75) is 25.8 Å². The van der Waals surface area contributed by atoms with E-state index in [2.05, 4.69) is 21.9 Å². The lowest BCUT2D eigenvalue weighted by atomic mass is 10.0. The van der Waals surface area contributed by atoms with Crippen LogP contribution in [-0.2, 0) is 0 Å². The first-order chi connectivity index (χ1) is 11.5. The number of aryl methyl sites for hydroxylation is 1. The van der Waals surface area contributed by atoms with Crippen LogP contribution in [0.4, 0.5) is 10.1 Å². The van der Waals surface area contributed by atoms with Crippen LogP contribution in [0.5, 0.6) is 0 Å². The summed E-state index contributed by atoms with van der Waals surface area (Å²) in [6.07, 6.45) is 4.75. The van der Waals surface area contributed by atoms with Gasteiger partial charge in [0.25, 0.3) is 5.91 Å². The highest BCUT2D eigenvalue weighted by atomic mass is 19.1. The lowest BCUT2D eigenvalue weighted by Gasteiger charge is -2.37. The number of nitrogens with zero attached hydrogens (tertiary/aromatic N) is 4. The van der Waals surface area contributed by atoms with Crippen molar-refractivity contribution in [3.05, 3.63) is 53.9 Å². The Hall–Kier alpha value is -2.34. The summed E-state index contributed by atoms with van der Waals surface area (Å²) in [5.74, 6) is -0.587. The number of amides is 1. The minimum atomic E-state index is -0.354. The Balaban J connectivity index is 1.95. The van der Waals surface area contributed by atoms with Crippen LogP contribution >= 0.6 is 0 Å². The quantitative estimate of drug-likeness (QED) is 0.869. The molecule has 0 N–H and O–H groups in total. The summed E-state index contributed by atoms with van der Waals surface area (Å²) in [7, 11) is 2.07. The van der Waals surface area contributed by atoms with Crippen LogP contribution < -0.4 is 4.90 Å². The molecule has 0 radical (unpaired) electrons. The van der Waals surface area contributed by atoms with Crippen molar-refractivity contribution in [2.24, 2.45) is 0 Å². The summed E-state index contributed by atoms with van der Waals surface area (Å²) in [6, 6.07) is 6.20. The van der Waals surface area contributed by atoms with Crippen molar-refractivity contribution in [2.75, 3.05) is 25.0 Å². The summed E-state index contributed by atoms with van der Waals surface area (Å²) in [4.78, 5) is 25.3. The highest BCUT2D eigenvalue weighted by Crippen LogP contribution is 2.25. The molecule has 1 aliphatic rings. The Bertz CT molecular complexity index is 711. The molecule has 0 unspecified atom stereocenters. The van der Waals surface area contributed by atoms with Gasteiger partial charge in [-0.1, -0.05) is 6.07 Å². The number of piperidine rings is 1. The van der Waals surface area contributed by atoms with E-state index in [1.165, 1.54) is 18.3 Å². The zero-order valence-corrected chi connectivity index (χ0v) is 13.9. The zero-order chi connectivity index (χ0) is 17.1. The fourth-order valence-electron chi connectivity index (χ4n) is 3.00. The molecular weight excluding hydrogens is 307 g/mol. The largest absolute Gasteiger partial charge is 0.306 e. The molecule has 0 spiro atoms. The minimum Gasteiger partial charge on any atom is -0.306 e. The van der Waals surface area contributed by atoms with E-state index < -0.39 is 0 Å². The van der Waals surface area contributed by atoms with Gasteiger partial charge in [-0.15, -0.1) is 0 Å². The average molecular weight is 328 g/mol. The molecule has 0 atom stereocenters. The van der Waals surface area contributed by atoms with Crippen LogP contribution in [0.1, 0.15) is 29.0 Å². The smallest absolute Gasteiger partial charge is 0.278 e. The first kappa shape index (κ1) is 16.5. The monoisotopic (exact) mass is 328 g/mol. The molecule has 1 saturated heterocycles. The van der Waals surface area contributed by atoms with E-state index in [-0.39, 0.29) is 23.5 Å². The Kier molecular flexibility index (Phi) is 4.85. The minimum absolute atomic E-state index is 0.0265. The van der Waals surface area contributed by atoms with Crippen LogP contribution in [0.2, 0.25) is 0 Å². The van der Waals surface area contributed by atoms with E-state index in [0.717, 1.165) is 31.6 Å². The van der Waals surface area contributed by atoms with Gasteiger partial charge in [0, 0.05) is 17.9 Å². The molecule has 3 rings (SSSR count). The van der Waals surface area contributed by atoms with Crippen molar-refractivity contribution in [1.82, 2.24) is 14.9 Å². The molecule has 0 aliphatic carbocycles. The summed E-state index contributed by atoms with van der Waals surface area (Å²) >= 11 is 0. The van der Waals surface area contributed by atoms with Crippen molar-refractivity contribution in [3.63, 3.8) is 0 Å². The number of benzene rings is 1. The van der Waals surface area contributed by atoms with Crippen molar-refractivity contribution in [3.8, 4) is 0 Å². The number of anilines is 1. The van der Waals surface area contributed by atoms with Gasteiger partial charge in [0.15, 0.2) is 0 Å². The van der Waals surface area contributed by atoms with Crippen LogP contribution in [-0.4, -0.2) is 47.0 Å². The summed E-state index contributed by atoms with van der Waals surface area (Å²) in [5, 5.41) is 0. The van der Waals surface area contributed by atoms with Crippen LogP contribution in [0, 0.1) is 12.7 Å². The molecule has 1 aromatic heterocycles. The summed E-state index contributed by atoms with van der Waals surface area (Å²) in [5.41, 5.74) is 1.60. The number of hydrogen-bond acceptors (Lipinski definition) is 4. The summed E-state index contributed by atoms with van der Waals surface area (Å²) in [6.45, 7) is 3.63. The summed E-state index contributed by atoms with van der Waals surface area (Å²) < 4.78 is 13.7. The molecule has 6 heteroatoms. The Morgan fingerprint density at radius 3 is 2.62 bits per heavy atom. The molecule has 24 heavy (non-hydrogen) atoms. The molecule has 2 heterocycles. The Morgan fingerprint density at radius 2 is 2.00 bits per heavy atom. The number of hydrogen-bond donors (Lipinski definition) is 0.